The Morgan fingerprint density at radius 1 is 0.545 bits per heavy atom. The molecule has 0 aliphatic heterocycles. The standard InChI is InChI=1S/C46H82N2O7/c1-3-5-7-9-11-13-15-17-18-19-20-22-24-27-31-35-41(55-45(52)38-34-30-25-23-21-16-14-12-10-8-6-4-2)36-32-28-26-29-33-37-43(50)47-39-44(51)48-42(40-49)46(53)54/h12,14-15,17,19-20,41-42,49H,3-11,13,16,18,21-40H2,1-2H3,(H,47,50)(H,48,51)(H,53,54)/b14-12-,17-15-,20-19-. The molecule has 0 aliphatic carbocycles. The largest absolute Gasteiger partial charge is 0.480 e. The van der Waals surface area contributed by atoms with Gasteiger partial charge in [0, 0.05) is 12.8 Å². The number of carboxylic acid groups (broad SMARTS) is 1. The molecule has 9 heteroatoms. The maximum absolute atomic E-state index is 12.8. The smallest absolute Gasteiger partial charge is 0.328 e. The van der Waals surface area contributed by atoms with Gasteiger partial charge in [0.25, 0.3) is 0 Å². The Hall–Kier alpha value is -2.94. The minimum absolute atomic E-state index is 0.0391. The molecule has 0 fully saturated rings. The van der Waals surface area contributed by atoms with Gasteiger partial charge in [0.2, 0.25) is 11.8 Å². The minimum atomic E-state index is -1.38. The van der Waals surface area contributed by atoms with Gasteiger partial charge in [0.05, 0.1) is 13.2 Å². The van der Waals surface area contributed by atoms with E-state index in [0.717, 1.165) is 89.9 Å². The van der Waals surface area contributed by atoms with Crippen LogP contribution in [0.2, 0.25) is 0 Å². The predicted octanol–water partition coefficient (Wildman–Crippen LogP) is 11.0. The van der Waals surface area contributed by atoms with Gasteiger partial charge >= 0.3 is 11.9 Å². The zero-order valence-corrected chi connectivity index (χ0v) is 35.2. The van der Waals surface area contributed by atoms with Crippen LogP contribution in [0, 0.1) is 0 Å². The monoisotopic (exact) mass is 775 g/mol. The van der Waals surface area contributed by atoms with Crippen LogP contribution in [0.5, 0.6) is 0 Å². The number of aliphatic hydroxyl groups excluding tert-OH is 1. The van der Waals surface area contributed by atoms with Gasteiger partial charge < -0.3 is 25.6 Å². The second-order valence-electron chi connectivity index (χ2n) is 15.1. The van der Waals surface area contributed by atoms with Crippen molar-refractivity contribution in [3.63, 3.8) is 0 Å². The Morgan fingerprint density at radius 2 is 0.982 bits per heavy atom. The van der Waals surface area contributed by atoms with E-state index in [9.17, 15) is 19.2 Å². The van der Waals surface area contributed by atoms with E-state index in [-0.39, 0.29) is 30.9 Å². The molecular weight excluding hydrogens is 693 g/mol. The molecule has 0 aromatic heterocycles. The van der Waals surface area contributed by atoms with Crippen LogP contribution >= 0.6 is 0 Å². The van der Waals surface area contributed by atoms with Crippen LogP contribution in [0.15, 0.2) is 36.5 Å². The summed E-state index contributed by atoms with van der Waals surface area (Å²) in [7, 11) is 0. The molecule has 0 radical (unpaired) electrons. The van der Waals surface area contributed by atoms with Crippen LogP contribution in [-0.2, 0) is 23.9 Å². The fourth-order valence-corrected chi connectivity index (χ4v) is 6.39. The second kappa shape index (κ2) is 40.7. The zero-order chi connectivity index (χ0) is 40.5. The average Bonchev–Trinajstić information content (AvgIpc) is 3.17. The first kappa shape index (κ1) is 52.1. The van der Waals surface area contributed by atoms with Gasteiger partial charge in [-0.05, 0) is 96.3 Å². The summed E-state index contributed by atoms with van der Waals surface area (Å²) in [5.74, 6) is -2.32. The molecule has 0 saturated heterocycles. The number of carboxylic acids is 1. The number of unbranched alkanes of at least 4 members (excludes halogenated alkanes) is 20. The van der Waals surface area contributed by atoms with Crippen LogP contribution in [0.1, 0.15) is 206 Å². The summed E-state index contributed by atoms with van der Waals surface area (Å²) in [5, 5.41) is 22.6. The van der Waals surface area contributed by atoms with E-state index in [1.165, 1.54) is 83.5 Å². The molecule has 0 rings (SSSR count). The van der Waals surface area contributed by atoms with Crippen LogP contribution in [0.4, 0.5) is 0 Å². The molecule has 0 saturated carbocycles. The molecule has 0 bridgehead atoms. The van der Waals surface area contributed by atoms with Gasteiger partial charge in [-0.25, -0.2) is 4.79 Å². The SMILES string of the molecule is CCCCC/C=C\CCCCCCCC(=O)OC(CCCCC/C=C\C/C=C\CCCCCCC)CCCCCCCC(=O)NCC(=O)NC(CO)C(=O)O. The highest BCUT2D eigenvalue weighted by atomic mass is 16.5. The molecule has 0 aromatic carbocycles. The quantitative estimate of drug-likeness (QED) is 0.0276. The highest BCUT2D eigenvalue weighted by Gasteiger charge is 2.19. The van der Waals surface area contributed by atoms with Crippen molar-refractivity contribution < 1.29 is 34.1 Å². The van der Waals surface area contributed by atoms with Gasteiger partial charge in [0.15, 0.2) is 0 Å². The third-order valence-corrected chi connectivity index (χ3v) is 9.86. The minimum Gasteiger partial charge on any atom is -0.480 e. The molecule has 4 N–H and O–H groups in total. The summed E-state index contributed by atoms with van der Waals surface area (Å²) in [6, 6.07) is -1.38. The van der Waals surface area contributed by atoms with E-state index in [1.54, 1.807) is 0 Å². The summed E-state index contributed by atoms with van der Waals surface area (Å²) in [6.45, 7) is 3.45. The highest BCUT2D eigenvalue weighted by molar-refractivity contribution is 5.87. The van der Waals surface area contributed by atoms with Crippen molar-refractivity contribution in [2.75, 3.05) is 13.2 Å². The van der Waals surface area contributed by atoms with Crippen molar-refractivity contribution in [1.82, 2.24) is 10.6 Å². The summed E-state index contributed by atoms with van der Waals surface area (Å²) in [6.07, 6.45) is 45.9. The topological polar surface area (TPSA) is 142 Å². The fourth-order valence-electron chi connectivity index (χ4n) is 6.39. The van der Waals surface area contributed by atoms with Crippen LogP contribution in [0.25, 0.3) is 0 Å². The molecule has 55 heavy (non-hydrogen) atoms. The summed E-state index contributed by atoms with van der Waals surface area (Å²) < 4.78 is 6.02. The Labute approximate surface area is 336 Å². The lowest BCUT2D eigenvalue weighted by Crippen LogP contribution is -2.47. The second-order valence-corrected chi connectivity index (χ2v) is 15.1. The lowest BCUT2D eigenvalue weighted by molar-refractivity contribution is -0.150. The fraction of sp³-hybridized carbons (Fsp3) is 0.783. The number of hydrogen-bond acceptors (Lipinski definition) is 6. The number of carbonyl (C=O) groups excluding carboxylic acids is 3. The van der Waals surface area contributed by atoms with Crippen LogP contribution in [0.3, 0.4) is 0 Å². The lowest BCUT2D eigenvalue weighted by atomic mass is 10.0. The van der Waals surface area contributed by atoms with Crippen LogP contribution < -0.4 is 10.6 Å². The van der Waals surface area contributed by atoms with Crippen molar-refractivity contribution in [2.24, 2.45) is 0 Å². The van der Waals surface area contributed by atoms with E-state index in [2.05, 4.69) is 60.9 Å². The molecular formula is C46H82N2O7. The number of allylic oxidation sites excluding steroid dienone is 6. The third kappa shape index (κ3) is 37.7. The number of nitrogens with one attached hydrogen (secondary N) is 2. The average molecular weight is 775 g/mol. The Kier molecular flexibility index (Phi) is 38.5. The van der Waals surface area contributed by atoms with Gasteiger partial charge in [-0.2, -0.15) is 0 Å². The Morgan fingerprint density at radius 3 is 1.53 bits per heavy atom. The van der Waals surface area contributed by atoms with Gasteiger partial charge in [-0.1, -0.05) is 134 Å². The van der Waals surface area contributed by atoms with Gasteiger partial charge in [-0.15, -0.1) is 0 Å². The van der Waals surface area contributed by atoms with Crippen molar-refractivity contribution >= 4 is 23.8 Å². The molecule has 2 amide bonds. The van der Waals surface area contributed by atoms with E-state index in [4.69, 9.17) is 14.9 Å². The maximum Gasteiger partial charge on any atom is 0.328 e. The highest BCUT2D eigenvalue weighted by Crippen LogP contribution is 2.18. The van der Waals surface area contributed by atoms with Gasteiger partial charge in [-0.3, -0.25) is 14.4 Å². The molecule has 0 aliphatic rings. The molecule has 9 nitrogen and oxygen atoms in total. The third-order valence-electron chi connectivity index (χ3n) is 9.86. The number of amides is 2. The first-order chi connectivity index (χ1) is 26.8. The van der Waals surface area contributed by atoms with E-state index >= 15 is 0 Å². The van der Waals surface area contributed by atoms with Crippen molar-refractivity contribution in [3.05, 3.63) is 36.5 Å². The summed E-state index contributed by atoms with van der Waals surface area (Å²) in [4.78, 5) is 47.6. The molecule has 2 unspecified atom stereocenters. The van der Waals surface area contributed by atoms with Crippen LogP contribution in [-0.4, -0.2) is 59.3 Å². The number of esters is 1. The lowest BCUT2D eigenvalue weighted by Gasteiger charge is -2.18. The zero-order valence-electron chi connectivity index (χ0n) is 35.2. The predicted molar refractivity (Wildman–Crippen MR) is 227 cm³/mol. The van der Waals surface area contributed by atoms with E-state index in [1.807, 2.05) is 0 Å². The first-order valence-electron chi connectivity index (χ1n) is 22.4. The number of rotatable bonds is 40. The van der Waals surface area contributed by atoms with E-state index in [0.29, 0.717) is 12.8 Å². The normalized spacial score (nSPS) is 12.8. The number of ether oxygens (including phenoxy) is 1. The Balaban J connectivity index is 4.39. The molecule has 0 aromatic rings. The number of hydrogen-bond donors (Lipinski definition) is 4. The first-order valence-corrected chi connectivity index (χ1v) is 22.4. The molecule has 0 heterocycles. The molecule has 2 atom stereocenters. The number of aliphatic hydroxyl groups is 1. The molecule has 0 spiro atoms. The number of aliphatic carboxylic acids is 1. The number of carbonyl (C=O) groups is 4. The summed E-state index contributed by atoms with van der Waals surface area (Å²) >= 11 is 0. The maximum atomic E-state index is 12.8. The van der Waals surface area contributed by atoms with Crippen molar-refractivity contribution in [2.45, 2.75) is 219 Å². The van der Waals surface area contributed by atoms with E-state index < -0.39 is 24.5 Å². The van der Waals surface area contributed by atoms with Gasteiger partial charge in [0.1, 0.15) is 12.1 Å². The Bertz CT molecular complexity index is 1030. The molecule has 318 valence electrons. The van der Waals surface area contributed by atoms with Crippen molar-refractivity contribution in [1.29, 1.82) is 0 Å². The van der Waals surface area contributed by atoms with Crippen molar-refractivity contribution in [3.8, 4) is 0 Å². The summed E-state index contributed by atoms with van der Waals surface area (Å²) in [5.41, 5.74) is 0.